The molecule has 12 nitrogen and oxygen atoms in total. The number of halogens is 3. The molecule has 2 aromatic carbocycles. The van der Waals surface area contributed by atoms with Gasteiger partial charge in [0.1, 0.15) is 6.04 Å². The molecule has 2 fully saturated rings. The highest BCUT2D eigenvalue weighted by molar-refractivity contribution is 6.30. The van der Waals surface area contributed by atoms with Gasteiger partial charge in [-0.3, -0.25) is 24.6 Å². The van der Waals surface area contributed by atoms with Gasteiger partial charge in [-0.25, -0.2) is 18.4 Å². The Labute approximate surface area is 249 Å². The van der Waals surface area contributed by atoms with Crippen LogP contribution < -0.4 is 15.5 Å². The molecule has 43 heavy (non-hydrogen) atoms. The van der Waals surface area contributed by atoms with Gasteiger partial charge in [-0.15, -0.1) is 0 Å². The van der Waals surface area contributed by atoms with Crippen molar-refractivity contribution in [1.82, 2.24) is 15.1 Å². The first-order valence-corrected chi connectivity index (χ1v) is 13.8. The zero-order valence-electron chi connectivity index (χ0n) is 22.9. The van der Waals surface area contributed by atoms with Gasteiger partial charge in [-0.1, -0.05) is 11.6 Å². The standard InChI is InChI=1S/C28H28ClF2N5O7/c1-34(26(41)42)18-6-3-16(4-7-18)23(38)32-21(12-22(37)36-14-28(30,31)15-36)24(39)35-10-2-9-27(13-35)19-11-17(29)5-8-20(19)33-25(40)43-27/h3-8,11,21H,2,9-10,12-15H2,1H3,(H,32,38)(H,33,40)(H,41,42)/t21-,27-/m0/s1. The van der Waals surface area contributed by atoms with Crippen molar-refractivity contribution in [3.63, 3.8) is 0 Å². The number of piperidine rings is 1. The monoisotopic (exact) mass is 619 g/mol. The molecule has 0 bridgehead atoms. The molecule has 2 aromatic rings. The van der Waals surface area contributed by atoms with Crippen molar-refractivity contribution in [2.45, 2.75) is 36.8 Å². The highest BCUT2D eigenvalue weighted by Gasteiger charge is 2.49. The molecule has 15 heteroatoms. The first kappa shape index (κ1) is 30.0. The van der Waals surface area contributed by atoms with E-state index in [2.05, 4.69) is 10.6 Å². The number of likely N-dealkylation sites (tertiary alicyclic amines) is 2. The van der Waals surface area contributed by atoms with E-state index in [4.69, 9.17) is 21.4 Å². The molecule has 3 aliphatic heterocycles. The molecule has 3 aliphatic rings. The first-order chi connectivity index (χ1) is 20.3. The smallest absolute Gasteiger partial charge is 0.412 e. The third-order valence-corrected chi connectivity index (χ3v) is 7.98. The van der Waals surface area contributed by atoms with Gasteiger partial charge in [-0.05, 0) is 55.3 Å². The number of anilines is 2. The summed E-state index contributed by atoms with van der Waals surface area (Å²) >= 11 is 6.23. The van der Waals surface area contributed by atoms with Crippen LogP contribution in [0.15, 0.2) is 42.5 Å². The van der Waals surface area contributed by atoms with E-state index in [1.807, 2.05) is 0 Å². The predicted molar refractivity (Wildman–Crippen MR) is 149 cm³/mol. The van der Waals surface area contributed by atoms with E-state index in [-0.39, 0.29) is 18.7 Å². The van der Waals surface area contributed by atoms with E-state index in [0.717, 1.165) is 9.80 Å². The van der Waals surface area contributed by atoms with E-state index in [1.54, 1.807) is 18.2 Å². The van der Waals surface area contributed by atoms with Gasteiger partial charge >= 0.3 is 12.2 Å². The second-order valence-electron chi connectivity index (χ2n) is 10.8. The van der Waals surface area contributed by atoms with Crippen molar-refractivity contribution in [1.29, 1.82) is 0 Å². The summed E-state index contributed by atoms with van der Waals surface area (Å²) in [6.45, 7) is -1.44. The number of nitrogens with zero attached hydrogens (tertiary/aromatic N) is 3. The minimum Gasteiger partial charge on any atom is -0.465 e. The van der Waals surface area contributed by atoms with Gasteiger partial charge in [0.15, 0.2) is 5.60 Å². The summed E-state index contributed by atoms with van der Waals surface area (Å²) in [6.07, 6.45) is -1.70. The fraction of sp³-hybridized carbons (Fsp3) is 0.393. The fourth-order valence-corrected chi connectivity index (χ4v) is 5.66. The van der Waals surface area contributed by atoms with Gasteiger partial charge in [0, 0.05) is 35.4 Å². The van der Waals surface area contributed by atoms with Crippen LogP contribution in [-0.2, 0) is 19.9 Å². The Morgan fingerprint density at radius 2 is 1.81 bits per heavy atom. The zero-order chi connectivity index (χ0) is 31.1. The molecule has 3 heterocycles. The Kier molecular flexibility index (Phi) is 7.90. The number of benzene rings is 2. The van der Waals surface area contributed by atoms with Crippen molar-refractivity contribution in [2.24, 2.45) is 0 Å². The molecule has 0 aromatic heterocycles. The Hall–Kier alpha value is -4.46. The van der Waals surface area contributed by atoms with Gasteiger partial charge in [0.2, 0.25) is 11.8 Å². The third-order valence-electron chi connectivity index (χ3n) is 7.75. The summed E-state index contributed by atoms with van der Waals surface area (Å²) < 4.78 is 32.6. The third kappa shape index (κ3) is 6.19. The lowest BCUT2D eigenvalue weighted by atomic mass is 9.83. The highest BCUT2D eigenvalue weighted by atomic mass is 35.5. The summed E-state index contributed by atoms with van der Waals surface area (Å²) in [5.74, 6) is -5.15. The largest absolute Gasteiger partial charge is 0.465 e. The van der Waals surface area contributed by atoms with Crippen LogP contribution in [0.1, 0.15) is 35.2 Å². The minimum atomic E-state index is -3.02. The van der Waals surface area contributed by atoms with Crippen molar-refractivity contribution in [2.75, 3.05) is 43.4 Å². The number of amides is 5. The molecule has 228 valence electrons. The molecule has 0 unspecified atom stereocenters. The van der Waals surface area contributed by atoms with E-state index in [1.165, 1.54) is 36.2 Å². The number of carboxylic acid groups (broad SMARTS) is 1. The molecular formula is C28H28ClF2N5O7. The number of nitrogens with one attached hydrogen (secondary N) is 2. The maximum Gasteiger partial charge on any atom is 0.412 e. The summed E-state index contributed by atoms with van der Waals surface area (Å²) in [6, 6.07) is 8.96. The number of ether oxygens (including phenoxy) is 1. The van der Waals surface area contributed by atoms with Crippen molar-refractivity contribution >= 4 is 52.9 Å². The molecule has 2 atom stereocenters. The molecule has 0 aliphatic carbocycles. The van der Waals surface area contributed by atoms with Gasteiger partial charge in [0.25, 0.3) is 11.8 Å². The molecule has 5 rings (SSSR count). The summed E-state index contributed by atoms with van der Waals surface area (Å²) in [5, 5.41) is 14.7. The summed E-state index contributed by atoms with van der Waals surface area (Å²) in [4.78, 5) is 66.8. The molecule has 3 N–H and O–H groups in total. The van der Waals surface area contributed by atoms with Crippen LogP contribution in [-0.4, -0.2) is 90.0 Å². The van der Waals surface area contributed by atoms with Gasteiger partial charge in [0.05, 0.1) is 31.7 Å². The molecule has 0 radical (unpaired) electrons. The topological polar surface area (TPSA) is 149 Å². The Morgan fingerprint density at radius 1 is 1.12 bits per heavy atom. The second-order valence-corrected chi connectivity index (χ2v) is 11.2. The quantitative estimate of drug-likeness (QED) is 0.448. The molecule has 0 saturated carbocycles. The second kappa shape index (κ2) is 11.3. The van der Waals surface area contributed by atoms with E-state index >= 15 is 0 Å². The van der Waals surface area contributed by atoms with Crippen LogP contribution in [0.25, 0.3) is 0 Å². The number of alkyl halides is 2. The lowest BCUT2D eigenvalue weighted by Gasteiger charge is -2.46. The first-order valence-electron chi connectivity index (χ1n) is 13.4. The van der Waals surface area contributed by atoms with Crippen LogP contribution in [0.3, 0.4) is 0 Å². The minimum absolute atomic E-state index is 0.0780. The van der Waals surface area contributed by atoms with Gasteiger partial charge < -0.3 is 25.0 Å². The van der Waals surface area contributed by atoms with Crippen LogP contribution in [0, 0.1) is 0 Å². The lowest BCUT2D eigenvalue weighted by Crippen LogP contribution is -2.61. The maximum absolute atomic E-state index is 13.9. The van der Waals surface area contributed by atoms with Crippen LogP contribution >= 0.6 is 11.6 Å². The average molecular weight is 620 g/mol. The normalized spacial score (nSPS) is 21.1. The Balaban J connectivity index is 1.38. The lowest BCUT2D eigenvalue weighted by molar-refractivity contribution is -0.167. The average Bonchev–Trinajstić information content (AvgIpc) is 2.95. The van der Waals surface area contributed by atoms with E-state index in [9.17, 15) is 32.8 Å². The van der Waals surface area contributed by atoms with Crippen molar-refractivity contribution in [3.8, 4) is 0 Å². The Morgan fingerprint density at radius 3 is 2.47 bits per heavy atom. The van der Waals surface area contributed by atoms with Crippen LogP contribution in [0.5, 0.6) is 0 Å². The maximum atomic E-state index is 13.9. The number of fused-ring (bicyclic) bond motifs is 2. The number of carbonyl (C=O) groups excluding carboxylic acids is 4. The molecule has 2 saturated heterocycles. The number of rotatable bonds is 6. The van der Waals surface area contributed by atoms with Crippen LogP contribution in [0.2, 0.25) is 5.02 Å². The number of hydrogen-bond donors (Lipinski definition) is 3. The number of carbonyl (C=O) groups is 5. The van der Waals surface area contributed by atoms with E-state index in [0.29, 0.717) is 34.8 Å². The van der Waals surface area contributed by atoms with Crippen molar-refractivity contribution in [3.05, 3.63) is 58.6 Å². The SMILES string of the molecule is CN(C(=O)O)c1ccc(C(=O)N[C@@H](CC(=O)N2CC(F)(F)C2)C(=O)N2CCC[C@@]3(C2)OC(=O)Nc2ccc(Cl)cc23)cc1. The predicted octanol–water partition coefficient (Wildman–Crippen LogP) is 3.50. The van der Waals surface area contributed by atoms with E-state index < -0.39 is 67.0 Å². The fourth-order valence-electron chi connectivity index (χ4n) is 5.48. The van der Waals surface area contributed by atoms with Gasteiger partial charge in [-0.2, -0.15) is 0 Å². The molecular weight excluding hydrogens is 592 g/mol. The number of hydrogen-bond acceptors (Lipinski definition) is 6. The zero-order valence-corrected chi connectivity index (χ0v) is 23.7. The summed E-state index contributed by atoms with van der Waals surface area (Å²) in [7, 11) is 1.33. The highest BCUT2D eigenvalue weighted by Crippen LogP contribution is 2.43. The van der Waals surface area contributed by atoms with Crippen LogP contribution in [0.4, 0.5) is 29.7 Å². The molecule has 1 spiro atoms. The summed E-state index contributed by atoms with van der Waals surface area (Å²) in [5.41, 5.74) is 0.185. The Bertz CT molecular complexity index is 1480. The molecule has 5 amide bonds. The van der Waals surface area contributed by atoms with Crippen molar-refractivity contribution < 1.29 is 42.6 Å².